The second kappa shape index (κ2) is 9.17. The van der Waals surface area contributed by atoms with Crippen LogP contribution in [-0.2, 0) is 0 Å². The number of nitrogens with one attached hydrogen (secondary N) is 1. The van der Waals surface area contributed by atoms with Gasteiger partial charge in [0.05, 0.1) is 0 Å². The second-order valence-corrected chi connectivity index (χ2v) is 8.69. The molecular formula is C18H36N10. The van der Waals surface area contributed by atoms with E-state index in [1.54, 1.807) is 0 Å². The average molecular weight is 393 g/mol. The summed E-state index contributed by atoms with van der Waals surface area (Å²) in [6.45, 7) is 7.92. The Bertz CT molecular complexity index is 575. The largest absolute Gasteiger partial charge is 0.354 e. The van der Waals surface area contributed by atoms with Gasteiger partial charge >= 0.3 is 0 Å². The van der Waals surface area contributed by atoms with Gasteiger partial charge in [-0.3, -0.25) is 0 Å². The second-order valence-electron chi connectivity index (χ2n) is 8.69. The highest BCUT2D eigenvalue weighted by molar-refractivity contribution is 5.46. The number of piperidine rings is 2. The molecule has 0 saturated carbocycles. The summed E-state index contributed by atoms with van der Waals surface area (Å²) in [7, 11) is 0. The van der Waals surface area contributed by atoms with Crippen molar-refractivity contribution in [3.05, 3.63) is 0 Å². The van der Waals surface area contributed by atoms with Crippen LogP contribution < -0.4 is 38.1 Å². The molecule has 158 valence electrons. The normalized spacial score (nSPS) is 28.7. The van der Waals surface area contributed by atoms with Crippen LogP contribution in [-0.4, -0.2) is 71.8 Å². The van der Waals surface area contributed by atoms with Gasteiger partial charge in [-0.15, -0.1) is 0 Å². The van der Waals surface area contributed by atoms with E-state index in [0.717, 1.165) is 25.8 Å². The van der Waals surface area contributed by atoms with E-state index in [2.05, 4.69) is 38.9 Å². The van der Waals surface area contributed by atoms with Crippen molar-refractivity contribution in [1.29, 1.82) is 0 Å². The van der Waals surface area contributed by atoms with Crippen molar-refractivity contribution >= 4 is 17.8 Å². The molecule has 0 radical (unpaired) electrons. The topological polar surface area (TPSA) is 161 Å². The van der Waals surface area contributed by atoms with E-state index in [0.29, 0.717) is 49.9 Å². The molecule has 1 aromatic rings. The Labute approximate surface area is 167 Å². The Morgan fingerprint density at radius 3 is 1.64 bits per heavy atom. The van der Waals surface area contributed by atoms with Crippen LogP contribution in [0.5, 0.6) is 0 Å². The van der Waals surface area contributed by atoms with Gasteiger partial charge in [-0.2, -0.15) is 15.0 Å². The van der Waals surface area contributed by atoms with Crippen LogP contribution in [0.25, 0.3) is 0 Å². The first-order chi connectivity index (χ1) is 13.3. The van der Waals surface area contributed by atoms with Gasteiger partial charge in [0, 0.05) is 56.9 Å². The van der Waals surface area contributed by atoms with Gasteiger partial charge in [-0.1, -0.05) is 13.8 Å². The molecule has 0 aromatic carbocycles. The van der Waals surface area contributed by atoms with E-state index in [1.165, 1.54) is 0 Å². The summed E-state index contributed by atoms with van der Waals surface area (Å²) in [6, 6.07) is 0.0487. The fourth-order valence-corrected chi connectivity index (χ4v) is 3.87. The van der Waals surface area contributed by atoms with Crippen LogP contribution in [0.15, 0.2) is 0 Å². The Morgan fingerprint density at radius 1 is 0.821 bits per heavy atom. The summed E-state index contributed by atoms with van der Waals surface area (Å²) in [5.41, 5.74) is 24.7. The van der Waals surface area contributed by atoms with Crippen molar-refractivity contribution in [3.63, 3.8) is 0 Å². The summed E-state index contributed by atoms with van der Waals surface area (Å²) >= 11 is 0. The van der Waals surface area contributed by atoms with Gasteiger partial charge < -0.3 is 38.1 Å². The summed E-state index contributed by atoms with van der Waals surface area (Å²) < 4.78 is 0. The Morgan fingerprint density at radius 2 is 1.25 bits per heavy atom. The van der Waals surface area contributed by atoms with Crippen LogP contribution in [0.4, 0.5) is 17.8 Å². The Balaban J connectivity index is 1.85. The summed E-state index contributed by atoms with van der Waals surface area (Å²) in [5, 5.41) is 3.34. The zero-order valence-electron chi connectivity index (χ0n) is 17.1. The van der Waals surface area contributed by atoms with Crippen LogP contribution in [0.2, 0.25) is 0 Å². The lowest BCUT2D eigenvalue weighted by Crippen LogP contribution is -2.54. The summed E-state index contributed by atoms with van der Waals surface area (Å²) in [6.07, 6.45) is 2.66. The Kier molecular flexibility index (Phi) is 6.86. The van der Waals surface area contributed by atoms with E-state index in [-0.39, 0.29) is 24.2 Å². The molecule has 0 aliphatic carbocycles. The fourth-order valence-electron chi connectivity index (χ4n) is 3.87. The highest BCUT2D eigenvalue weighted by atomic mass is 15.4. The number of hydrogen-bond acceptors (Lipinski definition) is 10. The van der Waals surface area contributed by atoms with Crippen LogP contribution in [0.3, 0.4) is 0 Å². The summed E-state index contributed by atoms with van der Waals surface area (Å²) in [4.78, 5) is 18.1. The first kappa shape index (κ1) is 21.0. The third kappa shape index (κ3) is 5.63. The van der Waals surface area contributed by atoms with Crippen molar-refractivity contribution in [2.45, 2.75) is 57.3 Å². The van der Waals surface area contributed by atoms with Crippen molar-refractivity contribution in [1.82, 2.24) is 15.0 Å². The van der Waals surface area contributed by atoms with E-state index in [1.807, 2.05) is 0 Å². The molecule has 2 saturated heterocycles. The average Bonchev–Trinajstić information content (AvgIpc) is 2.59. The quantitative estimate of drug-likeness (QED) is 0.408. The molecular weight excluding hydrogens is 356 g/mol. The van der Waals surface area contributed by atoms with E-state index in [9.17, 15) is 0 Å². The molecule has 1 aromatic heterocycles. The monoisotopic (exact) mass is 392 g/mol. The fraction of sp³-hybridized carbons (Fsp3) is 0.833. The van der Waals surface area contributed by atoms with Gasteiger partial charge in [-0.05, 0) is 25.2 Å². The zero-order chi connectivity index (χ0) is 20.3. The minimum Gasteiger partial charge on any atom is -0.354 e. The van der Waals surface area contributed by atoms with Crippen LogP contribution in [0, 0.1) is 5.92 Å². The minimum atomic E-state index is 0.0122. The first-order valence-electron chi connectivity index (χ1n) is 10.3. The maximum atomic E-state index is 6.17. The molecule has 10 heteroatoms. The molecule has 0 spiro atoms. The smallest absolute Gasteiger partial charge is 0.232 e. The molecule has 2 aliphatic rings. The molecule has 9 N–H and O–H groups in total. The maximum absolute atomic E-state index is 6.17. The number of nitrogens with zero attached hydrogens (tertiary/aromatic N) is 5. The SMILES string of the molecule is CC(C)CCNc1nc(N2CC(N)CC(N)C2)nc(N2CC(N)CC(N)C2)n1. The van der Waals surface area contributed by atoms with Crippen LogP contribution >= 0.6 is 0 Å². The molecule has 0 amide bonds. The van der Waals surface area contributed by atoms with Crippen molar-refractivity contribution in [2.24, 2.45) is 28.9 Å². The molecule has 2 fully saturated rings. The summed E-state index contributed by atoms with van der Waals surface area (Å²) in [5.74, 6) is 2.39. The molecule has 3 heterocycles. The maximum Gasteiger partial charge on any atom is 0.232 e. The highest BCUT2D eigenvalue weighted by Crippen LogP contribution is 2.22. The zero-order valence-corrected chi connectivity index (χ0v) is 17.1. The van der Waals surface area contributed by atoms with Gasteiger partial charge in [0.25, 0.3) is 0 Å². The molecule has 10 nitrogen and oxygen atoms in total. The van der Waals surface area contributed by atoms with Crippen molar-refractivity contribution in [2.75, 3.05) is 47.8 Å². The number of anilines is 3. The van der Waals surface area contributed by atoms with Crippen LogP contribution in [0.1, 0.15) is 33.1 Å². The van der Waals surface area contributed by atoms with Gasteiger partial charge in [0.2, 0.25) is 17.8 Å². The third-order valence-electron chi connectivity index (χ3n) is 5.21. The lowest BCUT2D eigenvalue weighted by Gasteiger charge is -2.37. The molecule has 28 heavy (non-hydrogen) atoms. The molecule has 4 unspecified atom stereocenters. The number of rotatable bonds is 6. The predicted molar refractivity (Wildman–Crippen MR) is 113 cm³/mol. The minimum absolute atomic E-state index is 0.0122. The molecule has 2 aliphatic heterocycles. The van der Waals surface area contributed by atoms with Crippen molar-refractivity contribution in [3.8, 4) is 0 Å². The van der Waals surface area contributed by atoms with E-state index < -0.39 is 0 Å². The lowest BCUT2D eigenvalue weighted by atomic mass is 10.0. The molecule has 0 bridgehead atoms. The Hall–Kier alpha value is -1.75. The van der Waals surface area contributed by atoms with E-state index in [4.69, 9.17) is 27.9 Å². The van der Waals surface area contributed by atoms with E-state index >= 15 is 0 Å². The van der Waals surface area contributed by atoms with Gasteiger partial charge in [-0.25, -0.2) is 0 Å². The number of hydrogen-bond donors (Lipinski definition) is 5. The molecule has 3 rings (SSSR count). The highest BCUT2D eigenvalue weighted by Gasteiger charge is 2.28. The predicted octanol–water partition coefficient (Wildman–Crippen LogP) is -0.941. The lowest BCUT2D eigenvalue weighted by molar-refractivity contribution is 0.441. The van der Waals surface area contributed by atoms with Crippen molar-refractivity contribution < 1.29 is 0 Å². The number of nitrogens with two attached hydrogens (primary N) is 4. The number of aromatic nitrogens is 3. The van der Waals surface area contributed by atoms with Gasteiger partial charge in [0.15, 0.2) is 0 Å². The first-order valence-corrected chi connectivity index (χ1v) is 10.3. The molecule has 4 atom stereocenters. The van der Waals surface area contributed by atoms with Gasteiger partial charge in [0.1, 0.15) is 0 Å². The standard InChI is InChI=1S/C18H36N10/c1-11(2)3-4-23-16-24-17(27-7-12(19)5-13(20)8-27)26-18(25-16)28-9-14(21)6-15(22)10-28/h11-15H,3-10,19-22H2,1-2H3,(H,23,24,25,26). The third-order valence-corrected chi connectivity index (χ3v) is 5.21.